The van der Waals surface area contributed by atoms with Crippen molar-refractivity contribution in [2.75, 3.05) is 14.2 Å². The summed E-state index contributed by atoms with van der Waals surface area (Å²) in [5, 5.41) is 10.0. The van der Waals surface area contributed by atoms with E-state index in [-0.39, 0.29) is 6.10 Å². The van der Waals surface area contributed by atoms with Crippen molar-refractivity contribution in [1.29, 1.82) is 0 Å². The number of rotatable bonds is 7. The Morgan fingerprint density at radius 3 is 1.93 bits per heavy atom. The molecule has 0 radical (unpaired) electrons. The standard InChI is InChI=1S/C17H18O2.C12H16OSi.C7H7IO/c1-19-16-12-10-14(11-13-16)6-5-9-17(18)15-7-3-2-4-8-15;1-14(2)10-6-9-12(13-14)11-7-4-3-5-8-11;1-9-7-4-2-6(8)3-5-7/h2-8,10-13,17-18H,9H2,1H3;3-8,10,12H,9H2,1-2H3;2-5H,1H3/b6-5-;;. The Kier molecular flexibility index (Phi) is 14.1. The molecule has 4 aromatic rings. The van der Waals surface area contributed by atoms with E-state index in [1.165, 1.54) is 9.13 Å². The van der Waals surface area contributed by atoms with E-state index in [1.54, 1.807) is 14.2 Å². The summed E-state index contributed by atoms with van der Waals surface area (Å²) >= 11 is 2.26. The Morgan fingerprint density at radius 1 is 0.833 bits per heavy atom. The molecule has 5 rings (SSSR count). The molecule has 1 N–H and O–H groups in total. The second-order valence-corrected chi connectivity index (χ2v) is 15.3. The Bertz CT molecular complexity index is 1360. The monoisotopic (exact) mass is 692 g/mol. The van der Waals surface area contributed by atoms with Crippen LogP contribution in [0.2, 0.25) is 13.1 Å². The molecular formula is C36H41IO4Si. The van der Waals surface area contributed by atoms with E-state index in [9.17, 15) is 5.11 Å². The summed E-state index contributed by atoms with van der Waals surface area (Å²) < 4.78 is 17.4. The van der Waals surface area contributed by atoms with Gasteiger partial charge in [0.2, 0.25) is 8.32 Å². The van der Waals surface area contributed by atoms with Crippen molar-refractivity contribution in [3.8, 4) is 11.5 Å². The normalized spacial score (nSPS) is 15.9. The molecule has 1 aliphatic heterocycles. The molecule has 0 aromatic heterocycles. The SMILES string of the molecule is COc1ccc(/C=C\CC(O)c2ccccc2)cc1.COc1ccc(I)cc1.C[Si]1(C)C=CCC(c2ccccc2)O1. The van der Waals surface area contributed by atoms with Crippen LogP contribution in [0.1, 0.15) is 41.7 Å². The number of hydrogen-bond donors (Lipinski definition) is 1. The number of methoxy groups -OCH3 is 2. The molecule has 42 heavy (non-hydrogen) atoms. The molecule has 0 spiro atoms. The van der Waals surface area contributed by atoms with Gasteiger partial charge in [-0.2, -0.15) is 0 Å². The molecule has 6 heteroatoms. The minimum atomic E-state index is -1.52. The van der Waals surface area contributed by atoms with Crippen molar-refractivity contribution in [3.05, 3.63) is 147 Å². The first-order chi connectivity index (χ1) is 20.3. The second-order valence-electron chi connectivity index (χ2n) is 10.3. The molecule has 220 valence electrons. The first-order valence-electron chi connectivity index (χ1n) is 14.0. The summed E-state index contributed by atoms with van der Waals surface area (Å²) in [6, 6.07) is 35.9. The lowest BCUT2D eigenvalue weighted by Gasteiger charge is -2.30. The number of aliphatic hydroxyl groups excluding tert-OH is 1. The zero-order valence-electron chi connectivity index (χ0n) is 24.8. The molecule has 0 amide bonds. The predicted octanol–water partition coefficient (Wildman–Crippen LogP) is 9.58. The number of hydrogen-bond acceptors (Lipinski definition) is 4. The van der Waals surface area contributed by atoms with Gasteiger partial charge in [-0.1, -0.05) is 96.7 Å². The third kappa shape index (κ3) is 12.0. The second kappa shape index (κ2) is 17.7. The largest absolute Gasteiger partial charge is 0.497 e. The topological polar surface area (TPSA) is 47.9 Å². The Labute approximate surface area is 266 Å². The van der Waals surface area contributed by atoms with Crippen molar-refractivity contribution in [3.63, 3.8) is 0 Å². The van der Waals surface area contributed by atoms with Crippen molar-refractivity contribution < 1.29 is 19.0 Å². The van der Waals surface area contributed by atoms with Gasteiger partial charge in [0, 0.05) is 3.57 Å². The van der Waals surface area contributed by atoms with Crippen LogP contribution in [0.5, 0.6) is 11.5 Å². The maximum absolute atomic E-state index is 10.0. The van der Waals surface area contributed by atoms with Crippen LogP contribution >= 0.6 is 22.6 Å². The van der Waals surface area contributed by atoms with Crippen LogP contribution in [0, 0.1) is 3.57 Å². The zero-order chi connectivity index (χ0) is 30.2. The molecule has 0 saturated heterocycles. The Hall–Kier alpha value is -3.17. The van der Waals surface area contributed by atoms with Crippen LogP contribution in [-0.4, -0.2) is 27.6 Å². The van der Waals surface area contributed by atoms with E-state index in [0.29, 0.717) is 6.42 Å². The quantitative estimate of drug-likeness (QED) is 0.155. The van der Waals surface area contributed by atoms with Gasteiger partial charge in [0.1, 0.15) is 11.5 Å². The fourth-order valence-electron chi connectivity index (χ4n) is 4.23. The molecule has 0 bridgehead atoms. The first-order valence-corrected chi connectivity index (χ1v) is 18.1. The van der Waals surface area contributed by atoms with Crippen LogP contribution in [0.3, 0.4) is 0 Å². The molecule has 4 aromatic carbocycles. The summed E-state index contributed by atoms with van der Waals surface area (Å²) in [4.78, 5) is 0. The highest BCUT2D eigenvalue weighted by Crippen LogP contribution is 2.30. The third-order valence-electron chi connectivity index (χ3n) is 6.51. The van der Waals surface area contributed by atoms with Gasteiger partial charge in [0.25, 0.3) is 0 Å². The average Bonchev–Trinajstić information content (AvgIpc) is 3.03. The van der Waals surface area contributed by atoms with Crippen molar-refractivity contribution in [2.24, 2.45) is 0 Å². The van der Waals surface area contributed by atoms with Crippen LogP contribution in [-0.2, 0) is 4.43 Å². The minimum absolute atomic E-state index is 0.280. The predicted molar refractivity (Wildman–Crippen MR) is 185 cm³/mol. The fourth-order valence-corrected chi connectivity index (χ4v) is 6.34. The summed E-state index contributed by atoms with van der Waals surface area (Å²) in [5.74, 6) is 1.76. The lowest BCUT2D eigenvalue weighted by atomic mass is 10.1. The maximum Gasteiger partial charge on any atom is 0.211 e. The van der Waals surface area contributed by atoms with E-state index in [0.717, 1.165) is 29.0 Å². The van der Waals surface area contributed by atoms with Gasteiger partial charge in [0.15, 0.2) is 0 Å². The lowest BCUT2D eigenvalue weighted by molar-refractivity contribution is 0.182. The first kappa shape index (κ1) is 33.3. The van der Waals surface area contributed by atoms with E-state index < -0.39 is 14.4 Å². The molecule has 2 unspecified atom stereocenters. The van der Waals surface area contributed by atoms with Gasteiger partial charge < -0.3 is 19.0 Å². The highest BCUT2D eigenvalue weighted by atomic mass is 127. The number of benzene rings is 4. The highest BCUT2D eigenvalue weighted by Gasteiger charge is 2.27. The molecule has 2 atom stereocenters. The fraction of sp³-hybridized carbons (Fsp3) is 0.222. The van der Waals surface area contributed by atoms with Gasteiger partial charge >= 0.3 is 0 Å². The summed E-state index contributed by atoms with van der Waals surface area (Å²) in [5.41, 5.74) is 5.62. The van der Waals surface area contributed by atoms with Crippen LogP contribution in [0.4, 0.5) is 0 Å². The number of aliphatic hydroxyl groups is 1. The molecule has 0 fully saturated rings. The minimum Gasteiger partial charge on any atom is -0.497 e. The van der Waals surface area contributed by atoms with Gasteiger partial charge in [-0.05, 0) is 102 Å². The van der Waals surface area contributed by atoms with Gasteiger partial charge in [-0.15, -0.1) is 0 Å². The molecule has 4 nitrogen and oxygen atoms in total. The van der Waals surface area contributed by atoms with Gasteiger partial charge in [-0.3, -0.25) is 0 Å². The number of halogens is 1. The molecule has 1 heterocycles. The van der Waals surface area contributed by atoms with E-state index in [1.807, 2.05) is 97.1 Å². The van der Waals surface area contributed by atoms with Crippen LogP contribution < -0.4 is 9.47 Å². The van der Waals surface area contributed by atoms with E-state index >= 15 is 0 Å². The van der Waals surface area contributed by atoms with Crippen molar-refractivity contribution in [2.45, 2.75) is 38.1 Å². The van der Waals surface area contributed by atoms with E-state index in [2.05, 4.69) is 71.7 Å². The summed E-state index contributed by atoms with van der Waals surface area (Å²) in [7, 11) is 1.81. The van der Waals surface area contributed by atoms with Crippen molar-refractivity contribution in [1.82, 2.24) is 0 Å². The summed E-state index contributed by atoms with van der Waals surface area (Å²) in [6.07, 6.45) is 7.72. The zero-order valence-corrected chi connectivity index (χ0v) is 28.0. The Morgan fingerprint density at radius 2 is 1.38 bits per heavy atom. The van der Waals surface area contributed by atoms with Crippen LogP contribution in [0.15, 0.2) is 127 Å². The smallest absolute Gasteiger partial charge is 0.211 e. The number of ether oxygens (including phenoxy) is 2. The highest BCUT2D eigenvalue weighted by molar-refractivity contribution is 14.1. The maximum atomic E-state index is 10.0. The van der Waals surface area contributed by atoms with Crippen molar-refractivity contribution >= 4 is 37.0 Å². The van der Waals surface area contributed by atoms with E-state index in [4.69, 9.17) is 13.9 Å². The lowest BCUT2D eigenvalue weighted by Crippen LogP contribution is -2.32. The summed E-state index contributed by atoms with van der Waals surface area (Å²) in [6.45, 7) is 4.47. The van der Waals surface area contributed by atoms with Gasteiger partial charge in [-0.25, -0.2) is 0 Å². The molecule has 1 aliphatic rings. The van der Waals surface area contributed by atoms with Gasteiger partial charge in [0.05, 0.1) is 26.4 Å². The molecule has 0 aliphatic carbocycles. The Balaban J connectivity index is 0.000000185. The molecular weight excluding hydrogens is 651 g/mol. The third-order valence-corrected chi connectivity index (χ3v) is 9.16. The molecule has 0 saturated carbocycles. The average molecular weight is 693 g/mol. The van der Waals surface area contributed by atoms with Crippen LogP contribution in [0.25, 0.3) is 6.08 Å².